The first-order chi connectivity index (χ1) is 13.1. The van der Waals surface area contributed by atoms with Crippen molar-refractivity contribution in [3.05, 3.63) is 53.9 Å². The molecule has 1 aromatic carbocycles. The second-order valence-corrected chi connectivity index (χ2v) is 6.33. The molecule has 0 bridgehead atoms. The SMILES string of the molecule is CCN1CCN(c2ccc(C(=O)OC)cc2NC(=O)c2ccncc2)CC1. The van der Waals surface area contributed by atoms with Crippen molar-refractivity contribution in [1.29, 1.82) is 0 Å². The number of hydrogen-bond donors (Lipinski definition) is 1. The maximum atomic E-state index is 12.6. The third-order valence-electron chi connectivity index (χ3n) is 4.77. The standard InChI is InChI=1S/C20H24N4O3/c1-3-23-10-12-24(13-11-23)18-5-4-16(20(26)27-2)14-17(18)22-19(25)15-6-8-21-9-7-15/h4-9,14H,3,10-13H2,1-2H3,(H,22,25). The predicted octanol–water partition coefficient (Wildman–Crippen LogP) is 2.26. The van der Waals surface area contributed by atoms with Gasteiger partial charge in [0.15, 0.2) is 0 Å². The Bertz CT molecular complexity index is 802. The van der Waals surface area contributed by atoms with E-state index in [0.29, 0.717) is 16.8 Å². The minimum absolute atomic E-state index is 0.243. The van der Waals surface area contributed by atoms with E-state index in [1.165, 1.54) is 7.11 Å². The Morgan fingerprint density at radius 3 is 2.41 bits per heavy atom. The molecule has 1 aliphatic rings. The Balaban J connectivity index is 1.88. The van der Waals surface area contributed by atoms with Gasteiger partial charge in [-0.2, -0.15) is 0 Å². The Morgan fingerprint density at radius 2 is 1.78 bits per heavy atom. The molecule has 2 aromatic rings. The highest BCUT2D eigenvalue weighted by atomic mass is 16.5. The molecule has 1 fully saturated rings. The lowest BCUT2D eigenvalue weighted by Gasteiger charge is -2.36. The topological polar surface area (TPSA) is 74.8 Å². The number of carbonyl (C=O) groups is 2. The maximum Gasteiger partial charge on any atom is 0.337 e. The number of carbonyl (C=O) groups excluding carboxylic acids is 2. The first-order valence-electron chi connectivity index (χ1n) is 9.03. The van der Waals surface area contributed by atoms with Gasteiger partial charge in [0.25, 0.3) is 5.91 Å². The van der Waals surface area contributed by atoms with Crippen LogP contribution in [0.3, 0.4) is 0 Å². The number of benzene rings is 1. The second-order valence-electron chi connectivity index (χ2n) is 6.33. The van der Waals surface area contributed by atoms with E-state index in [-0.39, 0.29) is 5.91 Å². The van der Waals surface area contributed by atoms with Crippen molar-refractivity contribution in [2.45, 2.75) is 6.92 Å². The lowest BCUT2D eigenvalue weighted by atomic mass is 10.1. The predicted molar refractivity (Wildman–Crippen MR) is 104 cm³/mol. The van der Waals surface area contributed by atoms with Crippen LogP contribution < -0.4 is 10.2 Å². The van der Waals surface area contributed by atoms with Crippen LogP contribution in [0.2, 0.25) is 0 Å². The first-order valence-corrected chi connectivity index (χ1v) is 9.03. The first kappa shape index (κ1) is 18.8. The van der Waals surface area contributed by atoms with Crippen molar-refractivity contribution in [3.63, 3.8) is 0 Å². The number of amides is 1. The molecule has 0 aliphatic carbocycles. The molecule has 0 atom stereocenters. The number of methoxy groups -OCH3 is 1. The number of esters is 1. The van der Waals surface area contributed by atoms with Gasteiger partial charge < -0.3 is 19.9 Å². The molecule has 0 unspecified atom stereocenters. The zero-order valence-electron chi connectivity index (χ0n) is 15.6. The molecule has 1 N–H and O–H groups in total. The zero-order chi connectivity index (χ0) is 19.2. The molecule has 1 aliphatic heterocycles. The summed E-state index contributed by atoms with van der Waals surface area (Å²) in [5, 5.41) is 2.94. The number of anilines is 2. The summed E-state index contributed by atoms with van der Waals surface area (Å²) in [6, 6.07) is 8.58. The molecule has 27 heavy (non-hydrogen) atoms. The lowest BCUT2D eigenvalue weighted by molar-refractivity contribution is 0.0600. The van der Waals surface area contributed by atoms with Crippen LogP contribution in [0.25, 0.3) is 0 Å². The molecule has 1 aromatic heterocycles. The summed E-state index contributed by atoms with van der Waals surface area (Å²) in [5.74, 6) is -0.676. The van der Waals surface area contributed by atoms with Gasteiger partial charge in [-0.1, -0.05) is 6.92 Å². The van der Waals surface area contributed by atoms with E-state index in [2.05, 4.69) is 27.0 Å². The molecule has 1 saturated heterocycles. The molecular formula is C20H24N4O3. The number of aromatic nitrogens is 1. The fraction of sp³-hybridized carbons (Fsp3) is 0.350. The third kappa shape index (κ3) is 4.43. The molecule has 2 heterocycles. The fourth-order valence-corrected chi connectivity index (χ4v) is 3.16. The minimum Gasteiger partial charge on any atom is -0.465 e. The highest BCUT2D eigenvalue weighted by molar-refractivity contribution is 6.06. The van der Waals surface area contributed by atoms with Gasteiger partial charge in [0.05, 0.1) is 24.0 Å². The number of ether oxygens (including phenoxy) is 1. The van der Waals surface area contributed by atoms with Gasteiger partial charge in [-0.05, 0) is 36.9 Å². The van der Waals surface area contributed by atoms with Gasteiger partial charge in [-0.25, -0.2) is 4.79 Å². The van der Waals surface area contributed by atoms with Crippen LogP contribution in [-0.2, 0) is 4.74 Å². The minimum atomic E-state index is -0.434. The maximum absolute atomic E-state index is 12.6. The van der Waals surface area contributed by atoms with Crippen molar-refractivity contribution >= 4 is 23.3 Å². The third-order valence-corrected chi connectivity index (χ3v) is 4.77. The average molecular weight is 368 g/mol. The summed E-state index contributed by atoms with van der Waals surface area (Å²) in [7, 11) is 1.34. The number of rotatable bonds is 5. The van der Waals surface area contributed by atoms with Crippen molar-refractivity contribution in [1.82, 2.24) is 9.88 Å². The summed E-state index contributed by atoms with van der Waals surface area (Å²) < 4.78 is 4.81. The average Bonchev–Trinajstić information content (AvgIpc) is 2.73. The number of piperazine rings is 1. The highest BCUT2D eigenvalue weighted by Gasteiger charge is 2.21. The quantitative estimate of drug-likeness (QED) is 0.816. The Morgan fingerprint density at radius 1 is 1.07 bits per heavy atom. The van der Waals surface area contributed by atoms with E-state index in [4.69, 9.17) is 4.74 Å². The molecule has 0 radical (unpaired) electrons. The zero-order valence-corrected chi connectivity index (χ0v) is 15.6. The molecule has 0 spiro atoms. The summed E-state index contributed by atoms with van der Waals surface area (Å²) in [4.78, 5) is 33.1. The van der Waals surface area contributed by atoms with Crippen LogP contribution in [0.5, 0.6) is 0 Å². The van der Waals surface area contributed by atoms with Crippen LogP contribution in [0, 0.1) is 0 Å². The van der Waals surface area contributed by atoms with Crippen LogP contribution in [0.4, 0.5) is 11.4 Å². The van der Waals surface area contributed by atoms with E-state index in [0.717, 1.165) is 38.4 Å². The number of likely N-dealkylation sites (N-methyl/N-ethyl adjacent to an activating group) is 1. The summed E-state index contributed by atoms with van der Waals surface area (Å²) in [6.45, 7) is 6.84. The van der Waals surface area contributed by atoms with Gasteiger partial charge in [-0.15, -0.1) is 0 Å². The van der Waals surface area contributed by atoms with Gasteiger partial charge in [-0.3, -0.25) is 9.78 Å². The fourth-order valence-electron chi connectivity index (χ4n) is 3.16. The Hall–Kier alpha value is -2.93. The van der Waals surface area contributed by atoms with E-state index in [9.17, 15) is 9.59 Å². The number of pyridine rings is 1. The molecule has 0 saturated carbocycles. The Labute approximate surface area is 158 Å². The van der Waals surface area contributed by atoms with Gasteiger partial charge in [0.1, 0.15) is 0 Å². The van der Waals surface area contributed by atoms with E-state index in [1.807, 2.05) is 6.07 Å². The number of hydrogen-bond acceptors (Lipinski definition) is 6. The molecular weight excluding hydrogens is 344 g/mol. The largest absolute Gasteiger partial charge is 0.465 e. The molecule has 142 valence electrons. The number of nitrogens with zero attached hydrogens (tertiary/aromatic N) is 3. The summed E-state index contributed by atoms with van der Waals surface area (Å²) >= 11 is 0. The van der Waals surface area contributed by atoms with Crippen LogP contribution in [0.1, 0.15) is 27.6 Å². The van der Waals surface area contributed by atoms with Crippen molar-refractivity contribution < 1.29 is 14.3 Å². The van der Waals surface area contributed by atoms with Gasteiger partial charge >= 0.3 is 5.97 Å². The Kier molecular flexibility index (Phi) is 6.03. The van der Waals surface area contributed by atoms with Crippen LogP contribution in [0.15, 0.2) is 42.7 Å². The van der Waals surface area contributed by atoms with E-state index in [1.54, 1.807) is 36.7 Å². The van der Waals surface area contributed by atoms with Crippen LogP contribution >= 0.6 is 0 Å². The van der Waals surface area contributed by atoms with Crippen molar-refractivity contribution in [3.8, 4) is 0 Å². The van der Waals surface area contributed by atoms with Crippen LogP contribution in [-0.4, -0.2) is 61.6 Å². The summed E-state index contributed by atoms with van der Waals surface area (Å²) in [6.07, 6.45) is 3.15. The van der Waals surface area contributed by atoms with E-state index >= 15 is 0 Å². The van der Waals surface area contributed by atoms with Crippen molar-refractivity contribution in [2.75, 3.05) is 50.1 Å². The second kappa shape index (κ2) is 8.64. The van der Waals surface area contributed by atoms with Gasteiger partial charge in [0, 0.05) is 44.1 Å². The highest BCUT2D eigenvalue weighted by Crippen LogP contribution is 2.29. The molecule has 3 rings (SSSR count). The normalized spacial score (nSPS) is 14.7. The molecule has 7 nitrogen and oxygen atoms in total. The smallest absolute Gasteiger partial charge is 0.337 e. The van der Waals surface area contributed by atoms with E-state index < -0.39 is 5.97 Å². The molecule has 1 amide bonds. The number of nitrogens with one attached hydrogen (secondary N) is 1. The van der Waals surface area contributed by atoms with Crippen molar-refractivity contribution in [2.24, 2.45) is 0 Å². The molecule has 7 heteroatoms. The summed E-state index contributed by atoms with van der Waals surface area (Å²) in [5.41, 5.74) is 2.42. The lowest BCUT2D eigenvalue weighted by Crippen LogP contribution is -2.46. The van der Waals surface area contributed by atoms with Gasteiger partial charge in [0.2, 0.25) is 0 Å². The monoisotopic (exact) mass is 368 g/mol.